The Balaban J connectivity index is 2.13. The molecule has 0 atom stereocenters. The molecule has 3 nitrogen and oxygen atoms in total. The number of methoxy groups -OCH3 is 1. The lowest BCUT2D eigenvalue weighted by Crippen LogP contribution is -2.30. The van der Waals surface area contributed by atoms with Crippen LogP contribution < -0.4 is 4.90 Å². The Morgan fingerprint density at radius 3 is 2.95 bits per heavy atom. The number of hydrogen-bond acceptors (Lipinski definition) is 3. The molecule has 0 bridgehead atoms. The first kappa shape index (κ1) is 13.9. The Kier molecular flexibility index (Phi) is 4.83. The van der Waals surface area contributed by atoms with Gasteiger partial charge in [-0.25, -0.2) is 4.79 Å². The summed E-state index contributed by atoms with van der Waals surface area (Å²) >= 11 is 0. The van der Waals surface area contributed by atoms with Crippen molar-refractivity contribution in [3.63, 3.8) is 0 Å². The molecule has 0 radical (unpaired) electrons. The average molecular weight is 261 g/mol. The minimum Gasteiger partial charge on any atom is -0.465 e. The van der Waals surface area contributed by atoms with Crippen molar-refractivity contribution in [2.24, 2.45) is 0 Å². The maximum atomic E-state index is 11.6. The molecule has 0 amide bonds. The number of anilines is 1. The zero-order valence-corrected chi connectivity index (χ0v) is 11.9. The summed E-state index contributed by atoms with van der Waals surface area (Å²) in [4.78, 5) is 14.0. The smallest absolute Gasteiger partial charge is 0.337 e. The average Bonchev–Trinajstić information content (AvgIpc) is 2.46. The second kappa shape index (κ2) is 6.60. The van der Waals surface area contributed by atoms with Gasteiger partial charge in [0.25, 0.3) is 0 Å². The highest BCUT2D eigenvalue weighted by Crippen LogP contribution is 2.28. The number of carbonyl (C=O) groups excluding carboxylic acids is 1. The number of esters is 1. The number of hydrogen-bond donors (Lipinski definition) is 0. The van der Waals surface area contributed by atoms with Crippen molar-refractivity contribution in [3.05, 3.63) is 29.3 Å². The number of unbranched alkanes of at least 4 members (excludes halogenated alkanes) is 2. The Hall–Kier alpha value is -1.51. The number of fused-ring (bicyclic) bond motifs is 1. The van der Waals surface area contributed by atoms with Crippen LogP contribution >= 0.6 is 0 Å². The molecule has 19 heavy (non-hydrogen) atoms. The summed E-state index contributed by atoms with van der Waals surface area (Å²) in [7, 11) is 1.43. The highest BCUT2D eigenvalue weighted by atomic mass is 16.5. The van der Waals surface area contributed by atoms with E-state index in [9.17, 15) is 4.79 Å². The van der Waals surface area contributed by atoms with E-state index in [0.29, 0.717) is 5.56 Å². The predicted molar refractivity (Wildman–Crippen MR) is 77.8 cm³/mol. The van der Waals surface area contributed by atoms with Crippen LogP contribution in [0.15, 0.2) is 18.2 Å². The highest BCUT2D eigenvalue weighted by molar-refractivity contribution is 5.90. The van der Waals surface area contributed by atoms with Gasteiger partial charge in [-0.2, -0.15) is 0 Å². The van der Waals surface area contributed by atoms with E-state index in [1.165, 1.54) is 44.0 Å². The monoisotopic (exact) mass is 261 g/mol. The molecule has 1 aromatic carbocycles. The lowest BCUT2D eigenvalue weighted by Gasteiger charge is -2.31. The van der Waals surface area contributed by atoms with Gasteiger partial charge in [0.05, 0.1) is 12.7 Å². The van der Waals surface area contributed by atoms with Gasteiger partial charge >= 0.3 is 5.97 Å². The molecule has 0 spiro atoms. The van der Waals surface area contributed by atoms with E-state index in [4.69, 9.17) is 4.74 Å². The molecule has 1 aliphatic rings. The van der Waals surface area contributed by atoms with Crippen LogP contribution in [0.25, 0.3) is 0 Å². The first-order valence-corrected chi connectivity index (χ1v) is 7.22. The Bertz CT molecular complexity index is 442. The third-order valence-corrected chi connectivity index (χ3v) is 3.75. The molecular formula is C16H23NO2. The third-order valence-electron chi connectivity index (χ3n) is 3.75. The van der Waals surface area contributed by atoms with Gasteiger partial charge in [-0.05, 0) is 43.0 Å². The van der Waals surface area contributed by atoms with Gasteiger partial charge in [0.15, 0.2) is 0 Å². The van der Waals surface area contributed by atoms with Gasteiger partial charge in [-0.3, -0.25) is 0 Å². The molecule has 0 N–H and O–H groups in total. The summed E-state index contributed by atoms with van der Waals surface area (Å²) in [6.07, 6.45) is 6.01. The van der Waals surface area contributed by atoms with Gasteiger partial charge in [-0.15, -0.1) is 0 Å². The van der Waals surface area contributed by atoms with Gasteiger partial charge in [0.2, 0.25) is 0 Å². The minimum atomic E-state index is -0.245. The van der Waals surface area contributed by atoms with E-state index in [2.05, 4.69) is 17.9 Å². The predicted octanol–water partition coefficient (Wildman–Crippen LogP) is 3.42. The van der Waals surface area contributed by atoms with Crippen molar-refractivity contribution in [2.75, 3.05) is 25.1 Å². The molecule has 3 heteroatoms. The van der Waals surface area contributed by atoms with E-state index in [-0.39, 0.29) is 5.97 Å². The molecule has 104 valence electrons. The molecule has 1 heterocycles. The van der Waals surface area contributed by atoms with E-state index >= 15 is 0 Å². The van der Waals surface area contributed by atoms with Crippen LogP contribution in [-0.2, 0) is 11.2 Å². The largest absolute Gasteiger partial charge is 0.465 e. The number of rotatable bonds is 5. The molecule has 0 aliphatic carbocycles. The van der Waals surface area contributed by atoms with E-state index < -0.39 is 0 Å². The van der Waals surface area contributed by atoms with Crippen LogP contribution in [0.2, 0.25) is 0 Å². The van der Waals surface area contributed by atoms with Crippen molar-refractivity contribution >= 4 is 11.7 Å². The van der Waals surface area contributed by atoms with Crippen molar-refractivity contribution in [3.8, 4) is 0 Å². The minimum absolute atomic E-state index is 0.245. The standard InChI is InChI=1S/C16H23NO2/c1-3-4-5-10-17-11-6-7-13-12-14(16(18)19-2)8-9-15(13)17/h8-9,12H,3-7,10-11H2,1-2H3. The SMILES string of the molecule is CCCCCN1CCCc2cc(C(=O)OC)ccc21. The highest BCUT2D eigenvalue weighted by Gasteiger charge is 2.18. The zero-order valence-electron chi connectivity index (χ0n) is 11.9. The topological polar surface area (TPSA) is 29.5 Å². The lowest BCUT2D eigenvalue weighted by atomic mass is 9.99. The Labute approximate surface area is 115 Å². The second-order valence-corrected chi connectivity index (χ2v) is 5.13. The summed E-state index contributed by atoms with van der Waals surface area (Å²) in [5.74, 6) is -0.245. The molecule has 1 aliphatic heterocycles. The van der Waals surface area contributed by atoms with Gasteiger partial charge in [-0.1, -0.05) is 19.8 Å². The number of ether oxygens (including phenoxy) is 1. The molecule has 2 rings (SSSR count). The van der Waals surface area contributed by atoms with Gasteiger partial charge in [0, 0.05) is 18.8 Å². The maximum absolute atomic E-state index is 11.6. The van der Waals surface area contributed by atoms with E-state index in [1.54, 1.807) is 0 Å². The fraction of sp³-hybridized carbons (Fsp3) is 0.562. The molecule has 1 aromatic rings. The Morgan fingerprint density at radius 1 is 1.37 bits per heavy atom. The van der Waals surface area contributed by atoms with Crippen LogP contribution in [0.4, 0.5) is 5.69 Å². The number of aryl methyl sites for hydroxylation is 1. The number of nitrogens with zero attached hydrogens (tertiary/aromatic N) is 1. The van der Waals surface area contributed by atoms with Crippen molar-refractivity contribution in [1.82, 2.24) is 0 Å². The van der Waals surface area contributed by atoms with Crippen LogP contribution in [0, 0.1) is 0 Å². The van der Waals surface area contributed by atoms with Crippen LogP contribution in [0.5, 0.6) is 0 Å². The van der Waals surface area contributed by atoms with Crippen LogP contribution in [0.1, 0.15) is 48.5 Å². The van der Waals surface area contributed by atoms with E-state index in [0.717, 1.165) is 19.5 Å². The summed E-state index contributed by atoms with van der Waals surface area (Å²) in [5, 5.41) is 0. The van der Waals surface area contributed by atoms with Crippen molar-refractivity contribution in [2.45, 2.75) is 39.0 Å². The molecule has 0 fully saturated rings. The molecular weight excluding hydrogens is 238 g/mol. The van der Waals surface area contributed by atoms with Gasteiger partial charge in [0.1, 0.15) is 0 Å². The second-order valence-electron chi connectivity index (χ2n) is 5.13. The zero-order chi connectivity index (χ0) is 13.7. The number of carbonyl (C=O) groups is 1. The molecule has 0 aromatic heterocycles. The van der Waals surface area contributed by atoms with Gasteiger partial charge < -0.3 is 9.64 Å². The third kappa shape index (κ3) is 3.28. The maximum Gasteiger partial charge on any atom is 0.337 e. The van der Waals surface area contributed by atoms with E-state index in [1.807, 2.05) is 12.1 Å². The summed E-state index contributed by atoms with van der Waals surface area (Å²) in [6.45, 7) is 4.49. The first-order chi connectivity index (χ1) is 9.26. The summed E-state index contributed by atoms with van der Waals surface area (Å²) in [5.41, 5.74) is 3.25. The molecule has 0 saturated heterocycles. The Morgan fingerprint density at radius 2 is 2.21 bits per heavy atom. The summed E-state index contributed by atoms with van der Waals surface area (Å²) < 4.78 is 4.78. The first-order valence-electron chi connectivity index (χ1n) is 7.22. The lowest BCUT2D eigenvalue weighted by molar-refractivity contribution is 0.0600. The van der Waals surface area contributed by atoms with Crippen molar-refractivity contribution in [1.29, 1.82) is 0 Å². The molecule has 0 saturated carbocycles. The van der Waals surface area contributed by atoms with Crippen LogP contribution in [-0.4, -0.2) is 26.2 Å². The molecule has 0 unspecified atom stereocenters. The fourth-order valence-corrected chi connectivity index (χ4v) is 2.70. The number of benzene rings is 1. The quantitative estimate of drug-likeness (QED) is 0.601. The van der Waals surface area contributed by atoms with Crippen molar-refractivity contribution < 1.29 is 9.53 Å². The normalized spacial score (nSPS) is 14.1. The summed E-state index contributed by atoms with van der Waals surface area (Å²) in [6, 6.07) is 5.95. The fourth-order valence-electron chi connectivity index (χ4n) is 2.70. The van der Waals surface area contributed by atoms with Crippen LogP contribution in [0.3, 0.4) is 0 Å².